The van der Waals surface area contributed by atoms with E-state index in [0.29, 0.717) is 36.1 Å². The van der Waals surface area contributed by atoms with Crippen molar-refractivity contribution in [1.29, 1.82) is 0 Å². The Bertz CT molecular complexity index is 1010. The molecule has 0 spiro atoms. The first-order valence-electron chi connectivity index (χ1n) is 8.98. The Labute approximate surface area is 162 Å². The standard InChI is InChI=1S/C20H21N5O3/c1-13-21-7-9-25(13)19-5-4-16(22-23-19)20(26)24-8-6-14-10-17(27-2)18(28-3)11-15(14)12-24/h4-5,7,9-11H,6,8,12H2,1-3H3. The molecule has 3 heterocycles. The zero-order valence-corrected chi connectivity index (χ0v) is 16.0. The molecule has 0 unspecified atom stereocenters. The molecule has 2 aromatic heterocycles. The van der Waals surface area contributed by atoms with Gasteiger partial charge in [0, 0.05) is 25.5 Å². The first-order valence-corrected chi connectivity index (χ1v) is 8.98. The molecule has 0 fully saturated rings. The van der Waals surface area contributed by atoms with Gasteiger partial charge in [-0.05, 0) is 48.7 Å². The molecule has 0 radical (unpaired) electrons. The minimum Gasteiger partial charge on any atom is -0.493 e. The lowest BCUT2D eigenvalue weighted by Gasteiger charge is -2.29. The van der Waals surface area contributed by atoms with Crippen LogP contribution in [0.1, 0.15) is 27.4 Å². The first kappa shape index (κ1) is 18.0. The summed E-state index contributed by atoms with van der Waals surface area (Å²) in [6.45, 7) is 3.00. The predicted molar refractivity (Wildman–Crippen MR) is 102 cm³/mol. The molecular weight excluding hydrogens is 358 g/mol. The molecule has 0 atom stereocenters. The summed E-state index contributed by atoms with van der Waals surface area (Å²) < 4.78 is 12.6. The molecule has 1 amide bonds. The molecule has 144 valence electrons. The molecule has 1 aromatic carbocycles. The Hall–Kier alpha value is -3.42. The van der Waals surface area contributed by atoms with Gasteiger partial charge in [0.15, 0.2) is 23.0 Å². The van der Waals surface area contributed by atoms with Gasteiger partial charge >= 0.3 is 0 Å². The fourth-order valence-electron chi connectivity index (χ4n) is 3.41. The number of methoxy groups -OCH3 is 2. The number of benzene rings is 1. The average Bonchev–Trinajstić information content (AvgIpc) is 3.17. The van der Waals surface area contributed by atoms with Crippen LogP contribution in [0, 0.1) is 6.92 Å². The summed E-state index contributed by atoms with van der Waals surface area (Å²) in [5.74, 6) is 2.67. The third-order valence-electron chi connectivity index (χ3n) is 4.95. The molecule has 1 aliphatic rings. The highest BCUT2D eigenvalue weighted by molar-refractivity contribution is 5.92. The van der Waals surface area contributed by atoms with Crippen molar-refractivity contribution in [2.45, 2.75) is 19.9 Å². The highest BCUT2D eigenvalue weighted by atomic mass is 16.5. The molecule has 0 aliphatic carbocycles. The maximum Gasteiger partial charge on any atom is 0.274 e. The fraction of sp³-hybridized carbons (Fsp3) is 0.300. The highest BCUT2D eigenvalue weighted by Crippen LogP contribution is 2.33. The van der Waals surface area contributed by atoms with Crippen LogP contribution in [0.3, 0.4) is 0 Å². The average molecular weight is 379 g/mol. The van der Waals surface area contributed by atoms with Crippen molar-refractivity contribution >= 4 is 5.91 Å². The van der Waals surface area contributed by atoms with E-state index in [1.165, 1.54) is 5.56 Å². The van der Waals surface area contributed by atoms with Crippen molar-refractivity contribution in [2.24, 2.45) is 0 Å². The van der Waals surface area contributed by atoms with Gasteiger partial charge in [0.25, 0.3) is 5.91 Å². The van der Waals surface area contributed by atoms with Crippen molar-refractivity contribution < 1.29 is 14.3 Å². The minimum atomic E-state index is -0.137. The number of aromatic nitrogens is 4. The fourth-order valence-corrected chi connectivity index (χ4v) is 3.41. The second-order valence-corrected chi connectivity index (χ2v) is 6.57. The number of amides is 1. The van der Waals surface area contributed by atoms with Gasteiger partial charge in [0.2, 0.25) is 0 Å². The number of hydrogen-bond acceptors (Lipinski definition) is 6. The number of imidazole rings is 1. The lowest BCUT2D eigenvalue weighted by atomic mass is 9.98. The Balaban J connectivity index is 1.54. The smallest absolute Gasteiger partial charge is 0.274 e. The van der Waals surface area contributed by atoms with Crippen LogP contribution >= 0.6 is 0 Å². The number of nitrogens with zero attached hydrogens (tertiary/aromatic N) is 5. The molecule has 1 aliphatic heterocycles. The largest absolute Gasteiger partial charge is 0.493 e. The Morgan fingerprint density at radius 2 is 1.82 bits per heavy atom. The third-order valence-corrected chi connectivity index (χ3v) is 4.95. The maximum absolute atomic E-state index is 12.9. The highest BCUT2D eigenvalue weighted by Gasteiger charge is 2.24. The first-order chi connectivity index (χ1) is 13.6. The van der Waals surface area contributed by atoms with Crippen LogP contribution in [-0.4, -0.2) is 51.3 Å². The summed E-state index contributed by atoms with van der Waals surface area (Å²) in [6.07, 6.45) is 4.26. The predicted octanol–water partition coefficient (Wildman–Crippen LogP) is 2.19. The van der Waals surface area contributed by atoms with Crippen LogP contribution in [0.25, 0.3) is 5.82 Å². The molecule has 8 nitrogen and oxygen atoms in total. The van der Waals surface area contributed by atoms with Crippen LogP contribution in [0.15, 0.2) is 36.7 Å². The van der Waals surface area contributed by atoms with Crippen molar-refractivity contribution in [3.05, 3.63) is 59.3 Å². The van der Waals surface area contributed by atoms with E-state index in [-0.39, 0.29) is 5.91 Å². The lowest BCUT2D eigenvalue weighted by molar-refractivity contribution is 0.0727. The van der Waals surface area contributed by atoms with E-state index in [2.05, 4.69) is 15.2 Å². The van der Waals surface area contributed by atoms with Crippen LogP contribution in [0.5, 0.6) is 11.5 Å². The summed E-state index contributed by atoms with van der Waals surface area (Å²) in [5.41, 5.74) is 2.54. The zero-order chi connectivity index (χ0) is 19.7. The summed E-state index contributed by atoms with van der Waals surface area (Å²) in [7, 11) is 3.23. The molecule has 8 heteroatoms. The molecule has 0 saturated carbocycles. The Morgan fingerprint density at radius 1 is 1.07 bits per heavy atom. The Morgan fingerprint density at radius 3 is 2.43 bits per heavy atom. The van der Waals surface area contributed by atoms with Gasteiger partial charge in [-0.15, -0.1) is 10.2 Å². The molecular formula is C20H21N5O3. The van der Waals surface area contributed by atoms with Crippen molar-refractivity contribution in [3.8, 4) is 17.3 Å². The number of carbonyl (C=O) groups excluding carboxylic acids is 1. The van der Waals surface area contributed by atoms with E-state index in [0.717, 1.165) is 17.8 Å². The van der Waals surface area contributed by atoms with Crippen molar-refractivity contribution in [3.63, 3.8) is 0 Å². The van der Waals surface area contributed by atoms with E-state index < -0.39 is 0 Å². The lowest BCUT2D eigenvalue weighted by Crippen LogP contribution is -2.36. The number of hydrogen-bond donors (Lipinski definition) is 0. The van der Waals surface area contributed by atoms with Crippen LogP contribution in [0.4, 0.5) is 0 Å². The molecule has 4 rings (SSSR count). The summed E-state index contributed by atoms with van der Waals surface area (Å²) >= 11 is 0. The van der Waals surface area contributed by atoms with Crippen LogP contribution in [-0.2, 0) is 13.0 Å². The van der Waals surface area contributed by atoms with Crippen molar-refractivity contribution in [1.82, 2.24) is 24.6 Å². The minimum absolute atomic E-state index is 0.137. The third kappa shape index (κ3) is 3.17. The topological polar surface area (TPSA) is 82.4 Å². The monoisotopic (exact) mass is 379 g/mol. The number of rotatable bonds is 4. The second kappa shape index (κ2) is 7.30. The van der Waals surface area contributed by atoms with E-state index in [9.17, 15) is 4.79 Å². The molecule has 28 heavy (non-hydrogen) atoms. The Kier molecular flexibility index (Phi) is 4.68. The van der Waals surface area contributed by atoms with Gasteiger partial charge in [0.05, 0.1) is 14.2 Å². The van der Waals surface area contributed by atoms with Gasteiger partial charge in [0.1, 0.15) is 5.82 Å². The summed E-state index contributed by atoms with van der Waals surface area (Å²) in [4.78, 5) is 18.9. The van der Waals surface area contributed by atoms with Gasteiger partial charge in [-0.3, -0.25) is 9.36 Å². The SMILES string of the molecule is COc1cc2c(cc1OC)CN(C(=O)c1ccc(-n3ccnc3C)nn1)CC2. The summed E-state index contributed by atoms with van der Waals surface area (Å²) in [6, 6.07) is 7.40. The number of aryl methyl sites for hydroxylation is 1. The molecule has 0 N–H and O–H groups in total. The number of ether oxygens (including phenoxy) is 2. The van der Waals surface area contributed by atoms with Crippen LogP contribution in [0.2, 0.25) is 0 Å². The summed E-state index contributed by atoms with van der Waals surface area (Å²) in [5, 5.41) is 8.31. The molecule has 3 aromatic rings. The van der Waals surface area contributed by atoms with Crippen LogP contribution < -0.4 is 9.47 Å². The number of carbonyl (C=O) groups is 1. The van der Waals surface area contributed by atoms with Gasteiger partial charge in [-0.1, -0.05) is 0 Å². The van der Waals surface area contributed by atoms with E-state index >= 15 is 0 Å². The van der Waals surface area contributed by atoms with E-state index in [1.807, 2.05) is 29.8 Å². The normalized spacial score (nSPS) is 13.2. The molecule has 0 bridgehead atoms. The molecule has 0 saturated heterocycles. The van der Waals surface area contributed by atoms with Gasteiger partial charge in [-0.2, -0.15) is 0 Å². The quantitative estimate of drug-likeness (QED) is 0.691. The van der Waals surface area contributed by atoms with Crippen molar-refractivity contribution in [2.75, 3.05) is 20.8 Å². The second-order valence-electron chi connectivity index (χ2n) is 6.57. The number of fused-ring (bicyclic) bond motifs is 1. The van der Waals surface area contributed by atoms with Gasteiger partial charge < -0.3 is 14.4 Å². The zero-order valence-electron chi connectivity index (χ0n) is 16.0. The maximum atomic E-state index is 12.9. The van der Waals surface area contributed by atoms with Gasteiger partial charge in [-0.25, -0.2) is 4.98 Å². The van der Waals surface area contributed by atoms with E-state index in [1.54, 1.807) is 37.4 Å². The van der Waals surface area contributed by atoms with E-state index in [4.69, 9.17) is 9.47 Å².